The van der Waals surface area contributed by atoms with Crippen LogP contribution in [0.2, 0.25) is 0 Å². The van der Waals surface area contributed by atoms with Crippen molar-refractivity contribution >= 4 is 16.7 Å². The second-order valence-electron chi connectivity index (χ2n) is 4.72. The topological polar surface area (TPSA) is 30.0 Å². The summed E-state index contributed by atoms with van der Waals surface area (Å²) in [6.45, 7) is 0. The van der Waals surface area contributed by atoms with Gasteiger partial charge in [-0.05, 0) is 23.8 Å². The highest BCUT2D eigenvalue weighted by molar-refractivity contribution is 6.07. The first-order valence-corrected chi connectivity index (χ1v) is 6.46. The van der Waals surface area contributed by atoms with Crippen LogP contribution >= 0.6 is 0 Å². The molecule has 3 aromatic rings. The van der Waals surface area contributed by atoms with Crippen LogP contribution in [-0.2, 0) is 6.42 Å². The van der Waals surface area contributed by atoms with Crippen molar-refractivity contribution in [3.8, 4) is 0 Å². The number of aromatic nitrogens is 1. The SMILES string of the molecule is O=C(Cc1ccc(F)cc1F)c1cccc2cccnc12. The molecule has 21 heavy (non-hydrogen) atoms. The summed E-state index contributed by atoms with van der Waals surface area (Å²) in [7, 11) is 0. The van der Waals surface area contributed by atoms with Crippen molar-refractivity contribution < 1.29 is 13.6 Å². The summed E-state index contributed by atoms with van der Waals surface area (Å²) in [4.78, 5) is 16.6. The summed E-state index contributed by atoms with van der Waals surface area (Å²) >= 11 is 0. The number of ketones is 1. The minimum atomic E-state index is -0.712. The Kier molecular flexibility index (Phi) is 3.44. The first kappa shape index (κ1) is 13.4. The van der Waals surface area contributed by atoms with Gasteiger partial charge in [0.2, 0.25) is 0 Å². The Morgan fingerprint density at radius 3 is 2.67 bits per heavy atom. The van der Waals surface area contributed by atoms with Crippen LogP contribution in [0.4, 0.5) is 8.78 Å². The van der Waals surface area contributed by atoms with E-state index in [1.807, 2.05) is 12.1 Å². The van der Waals surface area contributed by atoms with Crippen LogP contribution in [0, 0.1) is 11.6 Å². The maximum Gasteiger partial charge on any atom is 0.169 e. The molecule has 0 unspecified atom stereocenters. The number of fused-ring (bicyclic) bond motifs is 1. The minimum absolute atomic E-state index is 0.123. The molecule has 2 aromatic carbocycles. The van der Waals surface area contributed by atoms with Crippen molar-refractivity contribution in [1.29, 1.82) is 0 Å². The molecule has 0 bridgehead atoms. The number of nitrogens with zero attached hydrogens (tertiary/aromatic N) is 1. The minimum Gasteiger partial charge on any atom is -0.294 e. The summed E-state index contributed by atoms with van der Waals surface area (Å²) in [6, 6.07) is 12.2. The molecule has 0 aliphatic heterocycles. The van der Waals surface area contributed by atoms with Gasteiger partial charge in [0.15, 0.2) is 5.78 Å². The molecule has 0 radical (unpaired) electrons. The Morgan fingerprint density at radius 2 is 1.86 bits per heavy atom. The van der Waals surface area contributed by atoms with E-state index >= 15 is 0 Å². The van der Waals surface area contributed by atoms with Crippen molar-refractivity contribution in [1.82, 2.24) is 4.98 Å². The Labute approximate surface area is 120 Å². The Morgan fingerprint density at radius 1 is 1.05 bits per heavy atom. The molecule has 3 rings (SSSR count). The first-order chi connectivity index (χ1) is 10.1. The zero-order valence-corrected chi connectivity index (χ0v) is 11.0. The second-order valence-corrected chi connectivity index (χ2v) is 4.72. The van der Waals surface area contributed by atoms with Gasteiger partial charge in [0.05, 0.1) is 5.52 Å². The maximum atomic E-state index is 13.6. The van der Waals surface area contributed by atoms with Crippen LogP contribution in [-0.4, -0.2) is 10.8 Å². The van der Waals surface area contributed by atoms with Crippen molar-refractivity contribution in [2.75, 3.05) is 0 Å². The Balaban J connectivity index is 1.97. The van der Waals surface area contributed by atoms with E-state index in [1.54, 1.807) is 24.4 Å². The van der Waals surface area contributed by atoms with E-state index in [0.29, 0.717) is 11.1 Å². The predicted octanol–water partition coefficient (Wildman–Crippen LogP) is 3.94. The van der Waals surface area contributed by atoms with E-state index in [9.17, 15) is 13.6 Å². The molecule has 1 aromatic heterocycles. The summed E-state index contributed by atoms with van der Waals surface area (Å²) in [5, 5.41) is 0.850. The van der Waals surface area contributed by atoms with E-state index in [-0.39, 0.29) is 17.8 Å². The summed E-state index contributed by atoms with van der Waals surface area (Å²) in [6.07, 6.45) is 1.49. The van der Waals surface area contributed by atoms with Gasteiger partial charge in [-0.25, -0.2) is 8.78 Å². The van der Waals surface area contributed by atoms with Gasteiger partial charge in [-0.1, -0.05) is 24.3 Å². The van der Waals surface area contributed by atoms with Gasteiger partial charge in [0, 0.05) is 29.6 Å². The fraction of sp³-hybridized carbons (Fsp3) is 0.0588. The Hall–Kier alpha value is -2.62. The molecule has 2 nitrogen and oxygen atoms in total. The highest BCUT2D eigenvalue weighted by Crippen LogP contribution is 2.19. The number of para-hydroxylation sites is 1. The number of rotatable bonds is 3. The van der Waals surface area contributed by atoms with Crippen molar-refractivity contribution in [2.45, 2.75) is 6.42 Å². The van der Waals surface area contributed by atoms with Crippen LogP contribution in [0.25, 0.3) is 10.9 Å². The van der Waals surface area contributed by atoms with Crippen LogP contribution in [0.15, 0.2) is 54.7 Å². The molecule has 104 valence electrons. The normalized spacial score (nSPS) is 10.8. The fourth-order valence-electron chi connectivity index (χ4n) is 2.26. The van der Waals surface area contributed by atoms with E-state index < -0.39 is 11.6 Å². The summed E-state index contributed by atoms with van der Waals surface area (Å²) < 4.78 is 26.5. The monoisotopic (exact) mass is 283 g/mol. The van der Waals surface area contributed by atoms with Gasteiger partial charge in [0.1, 0.15) is 11.6 Å². The highest BCUT2D eigenvalue weighted by atomic mass is 19.1. The fourth-order valence-corrected chi connectivity index (χ4v) is 2.26. The maximum absolute atomic E-state index is 13.6. The summed E-state index contributed by atoms with van der Waals surface area (Å²) in [5.74, 6) is -1.61. The van der Waals surface area contributed by atoms with Gasteiger partial charge in [-0.15, -0.1) is 0 Å². The van der Waals surface area contributed by atoms with E-state index in [2.05, 4.69) is 4.98 Å². The van der Waals surface area contributed by atoms with E-state index in [4.69, 9.17) is 0 Å². The van der Waals surface area contributed by atoms with Gasteiger partial charge in [-0.3, -0.25) is 9.78 Å². The molecule has 0 aliphatic rings. The highest BCUT2D eigenvalue weighted by Gasteiger charge is 2.14. The molecule has 0 fully saturated rings. The van der Waals surface area contributed by atoms with Gasteiger partial charge in [0.25, 0.3) is 0 Å². The largest absolute Gasteiger partial charge is 0.294 e. The lowest BCUT2D eigenvalue weighted by Gasteiger charge is -2.06. The molecule has 0 N–H and O–H groups in total. The van der Waals surface area contributed by atoms with E-state index in [1.165, 1.54) is 6.07 Å². The molecule has 4 heteroatoms. The lowest BCUT2D eigenvalue weighted by Crippen LogP contribution is -2.06. The van der Waals surface area contributed by atoms with Gasteiger partial charge < -0.3 is 0 Å². The van der Waals surface area contributed by atoms with E-state index in [0.717, 1.165) is 17.5 Å². The zero-order valence-electron chi connectivity index (χ0n) is 11.0. The Bertz CT molecular complexity index is 825. The molecular formula is C17H11F2NO. The van der Waals surface area contributed by atoms with Crippen molar-refractivity contribution in [3.05, 3.63) is 77.5 Å². The second kappa shape index (κ2) is 5.40. The molecule has 0 aliphatic carbocycles. The standard InChI is InChI=1S/C17H11F2NO/c18-13-7-6-12(15(19)10-13)9-16(21)14-5-1-3-11-4-2-8-20-17(11)14/h1-8,10H,9H2. The van der Waals surface area contributed by atoms with Crippen molar-refractivity contribution in [3.63, 3.8) is 0 Å². The average Bonchev–Trinajstić information content (AvgIpc) is 2.49. The third-order valence-corrected chi connectivity index (χ3v) is 3.30. The quantitative estimate of drug-likeness (QED) is 0.681. The average molecular weight is 283 g/mol. The van der Waals surface area contributed by atoms with Crippen molar-refractivity contribution in [2.24, 2.45) is 0 Å². The molecule has 0 saturated heterocycles. The number of hydrogen-bond acceptors (Lipinski definition) is 2. The van der Waals surface area contributed by atoms with Gasteiger partial charge >= 0.3 is 0 Å². The molecular weight excluding hydrogens is 272 g/mol. The number of Topliss-reactive ketones (excluding diaryl/α,β-unsaturated/α-hetero) is 1. The van der Waals surface area contributed by atoms with Crippen LogP contribution in [0.1, 0.15) is 15.9 Å². The number of pyridine rings is 1. The van der Waals surface area contributed by atoms with Crippen LogP contribution in [0.5, 0.6) is 0 Å². The number of benzene rings is 2. The number of hydrogen-bond donors (Lipinski definition) is 0. The van der Waals surface area contributed by atoms with Crippen LogP contribution < -0.4 is 0 Å². The number of halogens is 2. The number of carbonyl (C=O) groups excluding carboxylic acids is 1. The smallest absolute Gasteiger partial charge is 0.169 e. The predicted molar refractivity (Wildman–Crippen MR) is 76.1 cm³/mol. The molecule has 0 atom stereocenters. The zero-order chi connectivity index (χ0) is 14.8. The first-order valence-electron chi connectivity index (χ1n) is 6.46. The van der Waals surface area contributed by atoms with Gasteiger partial charge in [-0.2, -0.15) is 0 Å². The molecule has 1 heterocycles. The molecule has 0 saturated carbocycles. The van der Waals surface area contributed by atoms with Crippen LogP contribution in [0.3, 0.4) is 0 Å². The lowest BCUT2D eigenvalue weighted by atomic mass is 10.00. The molecule has 0 amide bonds. The summed E-state index contributed by atoms with van der Waals surface area (Å²) in [5.41, 5.74) is 1.21. The number of carbonyl (C=O) groups is 1. The molecule has 0 spiro atoms. The third-order valence-electron chi connectivity index (χ3n) is 3.30. The lowest BCUT2D eigenvalue weighted by molar-refractivity contribution is 0.0993. The third kappa shape index (κ3) is 2.65.